The van der Waals surface area contributed by atoms with Crippen molar-refractivity contribution in [3.05, 3.63) is 65.9 Å². The Labute approximate surface area is 123 Å². The summed E-state index contributed by atoms with van der Waals surface area (Å²) in [7, 11) is 2.01. The molecular weight excluding hydrogens is 266 g/mol. The van der Waals surface area contributed by atoms with E-state index in [1.165, 1.54) is 4.90 Å². The Kier molecular flexibility index (Phi) is 3.55. The summed E-state index contributed by atoms with van der Waals surface area (Å²) in [5.74, 6) is 0. The minimum Gasteiger partial charge on any atom is -0.384 e. The fourth-order valence-corrected chi connectivity index (χ4v) is 2.96. The molecule has 3 rings (SSSR count). The molecule has 3 heteroatoms. The molecule has 0 saturated heterocycles. The van der Waals surface area contributed by atoms with E-state index in [1.54, 1.807) is 11.8 Å². The standard InChI is InChI=1S/C17H17NOS/c1-18-11-15(14-5-3-4-6-16(14)18)17(19)12-7-9-13(20-2)10-8-12/h3-11,17,19H,1-2H3. The number of aromatic nitrogens is 1. The van der Waals surface area contributed by atoms with Crippen LogP contribution in [0.5, 0.6) is 0 Å². The van der Waals surface area contributed by atoms with E-state index in [0.717, 1.165) is 22.0 Å². The molecule has 1 aromatic heterocycles. The normalized spacial score (nSPS) is 12.8. The largest absolute Gasteiger partial charge is 0.384 e. The molecule has 0 spiro atoms. The van der Waals surface area contributed by atoms with Gasteiger partial charge < -0.3 is 9.67 Å². The average molecular weight is 283 g/mol. The third-order valence-electron chi connectivity index (χ3n) is 3.65. The summed E-state index contributed by atoms with van der Waals surface area (Å²) in [4.78, 5) is 1.21. The van der Waals surface area contributed by atoms with Gasteiger partial charge in [-0.3, -0.25) is 0 Å². The van der Waals surface area contributed by atoms with Gasteiger partial charge in [0.05, 0.1) is 0 Å². The first-order chi connectivity index (χ1) is 9.70. The van der Waals surface area contributed by atoms with Crippen molar-refractivity contribution in [2.45, 2.75) is 11.0 Å². The van der Waals surface area contributed by atoms with Crippen LogP contribution < -0.4 is 0 Å². The van der Waals surface area contributed by atoms with Crippen molar-refractivity contribution in [1.82, 2.24) is 4.57 Å². The van der Waals surface area contributed by atoms with Crippen LogP contribution in [0.2, 0.25) is 0 Å². The number of hydrogen-bond donors (Lipinski definition) is 1. The van der Waals surface area contributed by atoms with Gasteiger partial charge in [0.15, 0.2) is 0 Å². The number of aliphatic hydroxyl groups is 1. The maximum Gasteiger partial charge on any atom is 0.106 e. The summed E-state index contributed by atoms with van der Waals surface area (Å²) in [5, 5.41) is 11.8. The van der Waals surface area contributed by atoms with E-state index >= 15 is 0 Å². The van der Waals surface area contributed by atoms with Gasteiger partial charge in [0.2, 0.25) is 0 Å². The van der Waals surface area contributed by atoms with Crippen LogP contribution in [0.15, 0.2) is 59.6 Å². The van der Waals surface area contributed by atoms with E-state index in [1.807, 2.05) is 49.6 Å². The molecule has 2 nitrogen and oxygen atoms in total. The Morgan fingerprint density at radius 2 is 1.75 bits per heavy atom. The number of nitrogens with zero attached hydrogens (tertiary/aromatic N) is 1. The van der Waals surface area contributed by atoms with Gasteiger partial charge in [0, 0.05) is 34.6 Å². The van der Waals surface area contributed by atoms with Crippen LogP contribution in [0.3, 0.4) is 0 Å². The third kappa shape index (κ3) is 2.23. The first-order valence-corrected chi connectivity index (χ1v) is 7.79. The summed E-state index contributed by atoms with van der Waals surface area (Å²) in [6, 6.07) is 16.3. The van der Waals surface area contributed by atoms with Crippen molar-refractivity contribution in [1.29, 1.82) is 0 Å². The fraction of sp³-hybridized carbons (Fsp3) is 0.176. The maximum atomic E-state index is 10.6. The van der Waals surface area contributed by atoms with Gasteiger partial charge in [-0.25, -0.2) is 0 Å². The minimum atomic E-state index is -0.586. The van der Waals surface area contributed by atoms with Crippen LogP contribution in [-0.4, -0.2) is 15.9 Å². The highest BCUT2D eigenvalue weighted by molar-refractivity contribution is 7.98. The first-order valence-electron chi connectivity index (χ1n) is 6.56. The molecule has 20 heavy (non-hydrogen) atoms. The number of benzene rings is 2. The number of aliphatic hydroxyl groups excluding tert-OH is 1. The monoisotopic (exact) mass is 283 g/mol. The second kappa shape index (κ2) is 5.35. The van der Waals surface area contributed by atoms with Crippen molar-refractivity contribution < 1.29 is 5.11 Å². The van der Waals surface area contributed by atoms with Crippen molar-refractivity contribution in [3.63, 3.8) is 0 Å². The zero-order valence-corrected chi connectivity index (χ0v) is 12.4. The summed E-state index contributed by atoms with van der Waals surface area (Å²) in [6.07, 6.45) is 3.48. The van der Waals surface area contributed by atoms with Gasteiger partial charge in [-0.15, -0.1) is 11.8 Å². The molecule has 102 valence electrons. The number of hydrogen-bond acceptors (Lipinski definition) is 2. The maximum absolute atomic E-state index is 10.6. The van der Waals surface area contributed by atoms with E-state index in [0.29, 0.717) is 0 Å². The van der Waals surface area contributed by atoms with Crippen LogP contribution >= 0.6 is 11.8 Å². The number of rotatable bonds is 3. The summed E-state index contributed by atoms with van der Waals surface area (Å²) in [6.45, 7) is 0. The molecule has 1 unspecified atom stereocenters. The fourth-order valence-electron chi connectivity index (χ4n) is 2.56. The highest BCUT2D eigenvalue weighted by atomic mass is 32.2. The quantitative estimate of drug-likeness (QED) is 0.735. The lowest BCUT2D eigenvalue weighted by atomic mass is 10.0. The zero-order valence-electron chi connectivity index (χ0n) is 11.6. The molecule has 0 bridgehead atoms. The molecule has 0 aliphatic carbocycles. The Morgan fingerprint density at radius 3 is 2.45 bits per heavy atom. The second-order valence-corrected chi connectivity index (χ2v) is 5.77. The lowest BCUT2D eigenvalue weighted by Crippen LogP contribution is -1.98. The number of aryl methyl sites for hydroxylation is 1. The molecule has 0 amide bonds. The highest BCUT2D eigenvalue weighted by Crippen LogP contribution is 2.30. The van der Waals surface area contributed by atoms with E-state index < -0.39 is 6.10 Å². The number of para-hydroxylation sites is 1. The molecule has 1 heterocycles. The van der Waals surface area contributed by atoms with Gasteiger partial charge >= 0.3 is 0 Å². The molecule has 0 aliphatic heterocycles. The van der Waals surface area contributed by atoms with Crippen LogP contribution in [0.4, 0.5) is 0 Å². The van der Waals surface area contributed by atoms with Crippen molar-refractivity contribution in [2.75, 3.05) is 6.26 Å². The van der Waals surface area contributed by atoms with E-state index in [-0.39, 0.29) is 0 Å². The van der Waals surface area contributed by atoms with E-state index in [9.17, 15) is 5.11 Å². The minimum absolute atomic E-state index is 0.586. The smallest absolute Gasteiger partial charge is 0.106 e. The molecular formula is C17H17NOS. The Morgan fingerprint density at radius 1 is 1.05 bits per heavy atom. The third-order valence-corrected chi connectivity index (χ3v) is 4.40. The van der Waals surface area contributed by atoms with Crippen LogP contribution in [0.25, 0.3) is 10.9 Å². The SMILES string of the molecule is CSc1ccc(C(O)c2cn(C)c3ccccc23)cc1. The number of fused-ring (bicyclic) bond motifs is 1. The van der Waals surface area contributed by atoms with E-state index in [2.05, 4.69) is 23.0 Å². The molecule has 0 aliphatic rings. The Balaban J connectivity index is 2.05. The molecule has 0 radical (unpaired) electrons. The van der Waals surface area contributed by atoms with Crippen molar-refractivity contribution >= 4 is 22.7 Å². The van der Waals surface area contributed by atoms with Gasteiger partial charge in [-0.1, -0.05) is 30.3 Å². The summed E-state index contributed by atoms with van der Waals surface area (Å²) < 4.78 is 2.06. The average Bonchev–Trinajstić information content (AvgIpc) is 2.84. The van der Waals surface area contributed by atoms with Crippen LogP contribution in [0.1, 0.15) is 17.2 Å². The Hall–Kier alpha value is -1.71. The lowest BCUT2D eigenvalue weighted by molar-refractivity contribution is 0.221. The summed E-state index contributed by atoms with van der Waals surface area (Å²) >= 11 is 1.71. The van der Waals surface area contributed by atoms with Crippen molar-refractivity contribution in [2.24, 2.45) is 7.05 Å². The first kappa shape index (κ1) is 13.3. The molecule has 0 fully saturated rings. The lowest BCUT2D eigenvalue weighted by Gasteiger charge is -2.10. The zero-order chi connectivity index (χ0) is 14.1. The molecule has 1 atom stereocenters. The van der Waals surface area contributed by atoms with Gasteiger partial charge in [-0.2, -0.15) is 0 Å². The van der Waals surface area contributed by atoms with Crippen molar-refractivity contribution in [3.8, 4) is 0 Å². The predicted molar refractivity (Wildman–Crippen MR) is 85.2 cm³/mol. The van der Waals surface area contributed by atoms with E-state index in [4.69, 9.17) is 0 Å². The second-order valence-electron chi connectivity index (χ2n) is 4.89. The predicted octanol–water partition coefficient (Wildman–Crippen LogP) is 3.98. The number of thioether (sulfide) groups is 1. The van der Waals surface area contributed by atoms with Crippen LogP contribution in [0, 0.1) is 0 Å². The topological polar surface area (TPSA) is 25.2 Å². The van der Waals surface area contributed by atoms with Gasteiger partial charge in [-0.05, 0) is 30.0 Å². The molecule has 0 saturated carbocycles. The van der Waals surface area contributed by atoms with Gasteiger partial charge in [0.1, 0.15) is 6.10 Å². The molecule has 2 aromatic carbocycles. The van der Waals surface area contributed by atoms with Gasteiger partial charge in [0.25, 0.3) is 0 Å². The molecule has 3 aromatic rings. The molecule has 1 N–H and O–H groups in total. The van der Waals surface area contributed by atoms with Crippen LogP contribution in [-0.2, 0) is 7.05 Å². The Bertz CT molecular complexity index is 730. The highest BCUT2D eigenvalue weighted by Gasteiger charge is 2.16. The summed E-state index contributed by atoms with van der Waals surface area (Å²) in [5.41, 5.74) is 3.03.